The van der Waals surface area contributed by atoms with Crippen molar-refractivity contribution in [1.29, 1.82) is 0 Å². The molecule has 0 bridgehead atoms. The Morgan fingerprint density at radius 1 is 0.416 bits per heavy atom. The molecule has 11 rings (SSSR count). The van der Waals surface area contributed by atoms with Crippen LogP contribution in [-0.4, -0.2) is 23.7 Å². The van der Waals surface area contributed by atoms with Gasteiger partial charge in [-0.3, -0.25) is 4.98 Å². The van der Waals surface area contributed by atoms with Crippen LogP contribution in [0.5, 0.6) is 11.5 Å². The van der Waals surface area contributed by atoms with Crippen molar-refractivity contribution in [3.05, 3.63) is 214 Å². The van der Waals surface area contributed by atoms with E-state index in [0.29, 0.717) is 0 Å². The fraction of sp³-hybridized carbons (Fsp3) is 0.243. The number of fused-ring (bicyclic) bond motifs is 4. The molecule has 0 unspecified atom stereocenters. The van der Waals surface area contributed by atoms with Crippen molar-refractivity contribution < 1.29 is 24.1 Å². The van der Waals surface area contributed by atoms with Gasteiger partial charge in [-0.15, -0.1) is 0 Å². The zero-order valence-corrected chi connectivity index (χ0v) is 49.1. The monoisotopic (exact) mass is 1190 g/mol. The molecular weight excluding hydrogens is 1120 g/mol. The van der Waals surface area contributed by atoms with Crippen molar-refractivity contribution in [3.63, 3.8) is 0 Å². The minimum absolute atomic E-state index is 0.0603. The summed E-state index contributed by atoms with van der Waals surface area (Å²) in [7, 11) is 0. The van der Waals surface area contributed by atoms with Crippen molar-refractivity contribution in [1.82, 2.24) is 23.7 Å². The second-order valence-electron chi connectivity index (χ2n) is 24.9. The van der Waals surface area contributed by atoms with Gasteiger partial charge in [-0.25, -0.2) is 0 Å². The first-order valence-electron chi connectivity index (χ1n) is 26.9. The summed E-state index contributed by atoms with van der Waals surface area (Å²) in [4.78, 5) is 9.30. The molecule has 390 valence electrons. The first-order valence-corrected chi connectivity index (χ1v) is 28.0. The van der Waals surface area contributed by atoms with Crippen LogP contribution in [0, 0.1) is 10.7 Å². The molecule has 0 atom stereocenters. The third kappa shape index (κ3) is 9.76. The Labute approximate surface area is 465 Å². The van der Waals surface area contributed by atoms with E-state index in [2.05, 4.69) is 280 Å². The van der Waals surface area contributed by atoms with Crippen LogP contribution in [0.3, 0.4) is 0 Å². The van der Waals surface area contributed by atoms with Gasteiger partial charge in [0, 0.05) is 24.2 Å². The van der Waals surface area contributed by atoms with E-state index in [1.807, 2.05) is 30.7 Å². The second-order valence-corrected chi connectivity index (χ2v) is 25.9. The van der Waals surface area contributed by atoms with E-state index in [-0.39, 0.29) is 21.7 Å². The molecule has 0 aliphatic rings. The van der Waals surface area contributed by atoms with Gasteiger partial charge in [0.2, 0.25) is 0 Å². The summed E-state index contributed by atoms with van der Waals surface area (Å²) in [6.07, 6.45) is 5.63. The van der Waals surface area contributed by atoms with E-state index in [1.54, 1.807) is 0 Å². The number of hydrogen-bond donors (Lipinski definition) is 0. The van der Waals surface area contributed by atoms with E-state index in [9.17, 15) is 0 Å². The van der Waals surface area contributed by atoms with Crippen LogP contribution in [0.15, 0.2) is 182 Å². The van der Waals surface area contributed by atoms with Gasteiger partial charge in [-0.2, -0.15) is 0 Å². The van der Waals surface area contributed by atoms with Crippen LogP contribution >= 0.6 is 0 Å². The molecule has 0 N–H and O–H groups in total. The third-order valence-corrected chi connectivity index (χ3v) is 16.2. The Hall–Kier alpha value is -7.40. The molecule has 0 aliphatic heterocycles. The number of imidazole rings is 1. The van der Waals surface area contributed by atoms with Crippen LogP contribution in [-0.2, 0) is 41.0 Å². The molecule has 4 aromatic heterocycles. The van der Waals surface area contributed by atoms with Crippen molar-refractivity contribution >= 4 is 32.8 Å². The quantitative estimate of drug-likeness (QED) is 0.152. The van der Waals surface area contributed by atoms with E-state index in [4.69, 9.17) is 9.72 Å². The maximum absolute atomic E-state index is 6.93. The molecule has 0 saturated heterocycles. The van der Waals surface area contributed by atoms with Crippen LogP contribution in [0.4, 0.5) is 0 Å². The molecule has 6 nitrogen and oxygen atoms in total. The van der Waals surface area contributed by atoms with Crippen LogP contribution in [0.1, 0.15) is 111 Å². The van der Waals surface area contributed by atoms with Crippen molar-refractivity contribution in [3.8, 4) is 62.1 Å². The SMILES string of the molecule is Cc1cc(-n2c3ccccc3c3ccc(Oc4cccc(-n5[c](=[Pt])n(-c6c(-c7cc(C(C)(C)C)cc(C(C)(C)C)c7)cccc6-c6cc(C(C)(C)C)cc(C(C)(C)C)c6)c6ccccc65)c4)cc32)ncc1-c1ccncc1. The zero-order valence-electron chi connectivity index (χ0n) is 46.8. The fourth-order valence-electron chi connectivity index (χ4n) is 10.7. The fourth-order valence-corrected chi connectivity index (χ4v) is 11.8. The molecule has 7 aromatic carbocycles. The normalized spacial score (nSPS) is 12.6. The molecule has 77 heavy (non-hydrogen) atoms. The summed E-state index contributed by atoms with van der Waals surface area (Å²) in [6, 6.07) is 60.0. The topological polar surface area (TPSA) is 49.8 Å². The summed E-state index contributed by atoms with van der Waals surface area (Å²) in [6.45, 7) is 30.1. The van der Waals surface area contributed by atoms with Gasteiger partial charge >= 0.3 is 397 Å². The predicted molar refractivity (Wildman–Crippen MR) is 318 cm³/mol. The van der Waals surface area contributed by atoms with E-state index >= 15 is 0 Å². The van der Waals surface area contributed by atoms with Crippen molar-refractivity contribution in [2.45, 2.75) is 112 Å². The molecule has 0 radical (unpaired) electrons. The second kappa shape index (κ2) is 19.3. The van der Waals surface area contributed by atoms with E-state index < -0.39 is 0 Å². The number of pyridine rings is 2. The van der Waals surface area contributed by atoms with Gasteiger partial charge in [0.25, 0.3) is 0 Å². The summed E-state index contributed by atoms with van der Waals surface area (Å²) in [5, 5.41) is 2.30. The van der Waals surface area contributed by atoms with E-state index in [1.165, 1.54) is 44.5 Å². The summed E-state index contributed by atoms with van der Waals surface area (Å²) >= 11 is 2.57. The molecule has 0 fully saturated rings. The number of nitrogens with zero attached hydrogens (tertiary/aromatic N) is 5. The standard InChI is InChI=1S/C70H69N5O.Pt/c1-45-34-65(72-43-60(45)46-30-32-71-33-31-46)75-61-25-15-14-22-58(61)59-29-28-55(42-64(59)75)76-54-21-18-20-53(41-54)73-44-74(63-27-17-16-26-62(63)73)66-56(47-35-49(67(2,3)4)39-50(36-47)68(5,6)7)23-19-24-57(66)48-37-51(69(8,9)10)40-52(38-48)70(11,12)13;/h14-43H,1-13H3;. The number of aromatic nitrogens is 5. The molecule has 0 aliphatic carbocycles. The number of rotatable bonds is 8. The van der Waals surface area contributed by atoms with E-state index in [0.717, 1.165) is 82.0 Å². The smallest absolute Gasteiger partial charge is 0.265 e. The van der Waals surface area contributed by atoms with Crippen LogP contribution in [0.25, 0.3) is 83.4 Å². The number of para-hydroxylation sites is 4. The average molecular weight is 1190 g/mol. The predicted octanol–water partition coefficient (Wildman–Crippen LogP) is 18.7. The van der Waals surface area contributed by atoms with Gasteiger partial charge in [-0.1, -0.05) is 12.1 Å². The minimum Gasteiger partial charge on any atom is -0.265 e. The first kappa shape index (κ1) is 51.7. The Morgan fingerprint density at radius 3 is 1.48 bits per heavy atom. The summed E-state index contributed by atoms with van der Waals surface area (Å²) in [5.41, 5.74) is 19.6. The maximum atomic E-state index is 6.93. The van der Waals surface area contributed by atoms with Crippen LogP contribution in [0.2, 0.25) is 0 Å². The Bertz CT molecular complexity index is 3990. The Morgan fingerprint density at radius 2 is 0.922 bits per heavy atom. The molecule has 4 heterocycles. The molecule has 0 spiro atoms. The number of benzene rings is 7. The molecular formula is C70H69N5OPt. The number of ether oxygens (including phenoxy) is 1. The van der Waals surface area contributed by atoms with Gasteiger partial charge in [0.05, 0.1) is 0 Å². The van der Waals surface area contributed by atoms with Crippen molar-refractivity contribution in [2.24, 2.45) is 0 Å². The van der Waals surface area contributed by atoms with Crippen molar-refractivity contribution in [2.75, 3.05) is 0 Å². The first-order chi connectivity index (χ1) is 36.5. The average Bonchev–Trinajstić information content (AvgIpc) is 3.95. The molecule has 11 aromatic rings. The van der Waals surface area contributed by atoms with Gasteiger partial charge < -0.3 is 0 Å². The summed E-state index contributed by atoms with van der Waals surface area (Å²) in [5.74, 6) is 2.33. The van der Waals surface area contributed by atoms with Crippen LogP contribution < -0.4 is 4.74 Å². The number of aryl methyl sites for hydroxylation is 1. The number of hydrogen-bond acceptors (Lipinski definition) is 3. The van der Waals surface area contributed by atoms with Gasteiger partial charge in [0.15, 0.2) is 0 Å². The molecule has 0 saturated carbocycles. The molecule has 7 heteroatoms. The van der Waals surface area contributed by atoms with Gasteiger partial charge in [0.1, 0.15) is 0 Å². The van der Waals surface area contributed by atoms with Gasteiger partial charge in [-0.05, 0) is 30.2 Å². The Balaban J connectivity index is 1.08. The minimum atomic E-state index is -0.0603. The molecule has 0 amide bonds. The Kier molecular flexibility index (Phi) is 12.9. The zero-order chi connectivity index (χ0) is 54.3. The summed E-state index contributed by atoms with van der Waals surface area (Å²) < 4.78 is 15.1. The third-order valence-electron chi connectivity index (χ3n) is 15.2.